The first kappa shape index (κ1) is 13.2. The van der Waals surface area contributed by atoms with E-state index in [4.69, 9.17) is 0 Å². The van der Waals surface area contributed by atoms with Crippen LogP contribution in [0.3, 0.4) is 0 Å². The molecule has 0 radical (unpaired) electrons. The van der Waals surface area contributed by atoms with E-state index in [9.17, 15) is 5.11 Å². The Bertz CT molecular complexity index is 183. The number of rotatable bonds is 5. The Kier molecular flexibility index (Phi) is 6.68. The molecular formula is C11H19IO. The zero-order chi connectivity index (χ0) is 10.3. The molecule has 0 bridgehead atoms. The maximum absolute atomic E-state index is 9.85. The van der Waals surface area contributed by atoms with Gasteiger partial charge in [-0.15, -0.1) is 0 Å². The number of halogens is 1. The second-order valence-corrected chi connectivity index (χ2v) is 4.59. The summed E-state index contributed by atoms with van der Waals surface area (Å²) in [6.45, 7) is 6.20. The lowest BCUT2D eigenvalue weighted by Gasteiger charge is -2.28. The maximum Gasteiger partial charge on any atom is 0.0628 e. The van der Waals surface area contributed by atoms with Crippen molar-refractivity contribution < 1.29 is 5.11 Å². The summed E-state index contributed by atoms with van der Waals surface area (Å²) in [5.41, 5.74) is -0.0251. The quantitative estimate of drug-likeness (QED) is 0.606. The van der Waals surface area contributed by atoms with Gasteiger partial charge in [-0.1, -0.05) is 54.7 Å². The SMILES string of the molecule is C/C=C/CC(C)(C)C(O)C/C=C/I. The van der Waals surface area contributed by atoms with E-state index in [0.29, 0.717) is 0 Å². The molecule has 0 aliphatic heterocycles. The van der Waals surface area contributed by atoms with Crippen LogP contribution in [0.5, 0.6) is 0 Å². The first-order valence-corrected chi connectivity index (χ1v) is 5.83. The largest absolute Gasteiger partial charge is 0.392 e. The molecule has 0 aliphatic rings. The minimum atomic E-state index is -0.255. The Labute approximate surface area is 95.1 Å². The van der Waals surface area contributed by atoms with Gasteiger partial charge in [0, 0.05) is 0 Å². The van der Waals surface area contributed by atoms with E-state index in [0.717, 1.165) is 12.8 Å². The van der Waals surface area contributed by atoms with Crippen molar-refractivity contribution in [3.63, 3.8) is 0 Å². The highest BCUT2D eigenvalue weighted by Crippen LogP contribution is 2.28. The molecule has 0 saturated heterocycles. The molecule has 1 atom stereocenters. The van der Waals surface area contributed by atoms with Crippen LogP contribution in [0.25, 0.3) is 0 Å². The first-order valence-electron chi connectivity index (χ1n) is 4.59. The fraction of sp³-hybridized carbons (Fsp3) is 0.636. The van der Waals surface area contributed by atoms with Crippen molar-refractivity contribution in [1.82, 2.24) is 0 Å². The van der Waals surface area contributed by atoms with Crippen molar-refractivity contribution >= 4 is 22.6 Å². The molecule has 0 aromatic carbocycles. The summed E-state index contributed by atoms with van der Waals surface area (Å²) in [7, 11) is 0. The normalized spacial score (nSPS) is 15.8. The minimum absolute atomic E-state index is 0.0251. The van der Waals surface area contributed by atoms with E-state index in [-0.39, 0.29) is 11.5 Å². The zero-order valence-corrected chi connectivity index (χ0v) is 10.8. The molecule has 0 aliphatic carbocycles. The van der Waals surface area contributed by atoms with Crippen molar-refractivity contribution in [2.24, 2.45) is 5.41 Å². The fourth-order valence-electron chi connectivity index (χ4n) is 1.06. The third-order valence-corrected chi connectivity index (χ3v) is 2.74. The van der Waals surface area contributed by atoms with Crippen LogP contribution in [0.4, 0.5) is 0 Å². The van der Waals surface area contributed by atoms with E-state index >= 15 is 0 Å². The van der Waals surface area contributed by atoms with E-state index in [1.54, 1.807) is 0 Å². The molecule has 1 unspecified atom stereocenters. The lowest BCUT2D eigenvalue weighted by Crippen LogP contribution is -2.28. The highest BCUT2D eigenvalue weighted by molar-refractivity contribution is 14.1. The summed E-state index contributed by atoms with van der Waals surface area (Å²) in [4.78, 5) is 0. The Morgan fingerprint density at radius 3 is 2.46 bits per heavy atom. The molecule has 13 heavy (non-hydrogen) atoms. The van der Waals surface area contributed by atoms with Gasteiger partial charge in [0.25, 0.3) is 0 Å². The molecular weight excluding hydrogens is 275 g/mol. The van der Waals surface area contributed by atoms with Gasteiger partial charge >= 0.3 is 0 Å². The molecule has 1 N–H and O–H groups in total. The highest BCUT2D eigenvalue weighted by atomic mass is 127. The van der Waals surface area contributed by atoms with Crippen molar-refractivity contribution in [2.75, 3.05) is 0 Å². The molecule has 0 fully saturated rings. The fourth-order valence-corrected chi connectivity index (χ4v) is 1.35. The van der Waals surface area contributed by atoms with Crippen molar-refractivity contribution in [2.45, 2.75) is 39.7 Å². The van der Waals surface area contributed by atoms with Gasteiger partial charge in [-0.3, -0.25) is 0 Å². The van der Waals surface area contributed by atoms with Crippen LogP contribution < -0.4 is 0 Å². The molecule has 0 rings (SSSR count). The van der Waals surface area contributed by atoms with Gasteiger partial charge < -0.3 is 5.11 Å². The predicted octanol–water partition coefficient (Wildman–Crippen LogP) is 3.68. The average molecular weight is 294 g/mol. The van der Waals surface area contributed by atoms with E-state index < -0.39 is 0 Å². The summed E-state index contributed by atoms with van der Waals surface area (Å²) in [6, 6.07) is 0. The van der Waals surface area contributed by atoms with Gasteiger partial charge in [0.1, 0.15) is 0 Å². The highest BCUT2D eigenvalue weighted by Gasteiger charge is 2.24. The number of hydrogen-bond acceptors (Lipinski definition) is 1. The topological polar surface area (TPSA) is 20.2 Å². The monoisotopic (exact) mass is 294 g/mol. The van der Waals surface area contributed by atoms with Crippen LogP contribution in [-0.2, 0) is 0 Å². The second kappa shape index (κ2) is 6.60. The molecule has 0 spiro atoms. The third-order valence-electron chi connectivity index (χ3n) is 2.23. The van der Waals surface area contributed by atoms with E-state index in [1.807, 2.05) is 23.2 Å². The van der Waals surface area contributed by atoms with E-state index in [1.165, 1.54) is 0 Å². The van der Waals surface area contributed by atoms with Gasteiger partial charge in [-0.2, -0.15) is 0 Å². The standard InChI is InChI=1S/C11H19IO/c1-4-5-8-11(2,3)10(13)7-6-9-12/h4-6,9-10,13H,7-8H2,1-3H3/b5-4+,9-6+. The molecule has 0 aromatic heterocycles. The van der Waals surface area contributed by atoms with Crippen LogP contribution in [-0.4, -0.2) is 11.2 Å². The average Bonchev–Trinajstić information content (AvgIpc) is 2.10. The summed E-state index contributed by atoms with van der Waals surface area (Å²) in [5.74, 6) is 0. The molecule has 0 amide bonds. The molecule has 0 heterocycles. The van der Waals surface area contributed by atoms with Gasteiger partial charge in [0.15, 0.2) is 0 Å². The summed E-state index contributed by atoms with van der Waals surface area (Å²) in [5, 5.41) is 9.85. The van der Waals surface area contributed by atoms with Gasteiger partial charge in [-0.05, 0) is 29.3 Å². The maximum atomic E-state index is 9.85. The number of aliphatic hydroxyl groups excluding tert-OH is 1. The van der Waals surface area contributed by atoms with Gasteiger partial charge in [0.2, 0.25) is 0 Å². The Balaban J connectivity index is 4.09. The van der Waals surface area contributed by atoms with Crippen LogP contribution in [0.2, 0.25) is 0 Å². The Morgan fingerprint density at radius 2 is 2.00 bits per heavy atom. The van der Waals surface area contributed by atoms with E-state index in [2.05, 4.69) is 42.5 Å². The van der Waals surface area contributed by atoms with Gasteiger partial charge in [-0.25, -0.2) is 0 Å². The number of hydrogen-bond donors (Lipinski definition) is 1. The summed E-state index contributed by atoms with van der Waals surface area (Å²) >= 11 is 2.17. The summed E-state index contributed by atoms with van der Waals surface area (Å²) < 4.78 is 1.95. The third kappa shape index (κ3) is 5.47. The van der Waals surface area contributed by atoms with Crippen molar-refractivity contribution in [3.05, 3.63) is 22.3 Å². The summed E-state index contributed by atoms with van der Waals surface area (Å²) in [6.07, 6.45) is 7.56. The first-order chi connectivity index (χ1) is 6.04. The van der Waals surface area contributed by atoms with Crippen LogP contribution in [0.1, 0.15) is 33.6 Å². The Morgan fingerprint density at radius 1 is 1.38 bits per heavy atom. The molecule has 1 nitrogen and oxygen atoms in total. The molecule has 0 saturated carbocycles. The van der Waals surface area contributed by atoms with Crippen LogP contribution >= 0.6 is 22.6 Å². The predicted molar refractivity (Wildman–Crippen MR) is 67.0 cm³/mol. The van der Waals surface area contributed by atoms with Crippen LogP contribution in [0.15, 0.2) is 22.3 Å². The minimum Gasteiger partial charge on any atom is -0.392 e. The second-order valence-electron chi connectivity index (χ2n) is 3.87. The lowest BCUT2D eigenvalue weighted by molar-refractivity contribution is 0.0549. The molecule has 76 valence electrons. The van der Waals surface area contributed by atoms with Crippen molar-refractivity contribution in [1.29, 1.82) is 0 Å². The smallest absolute Gasteiger partial charge is 0.0628 e. The Hall–Kier alpha value is 0.170. The lowest BCUT2D eigenvalue weighted by atomic mass is 9.81. The zero-order valence-electron chi connectivity index (χ0n) is 8.63. The number of aliphatic hydroxyl groups is 1. The molecule has 2 heteroatoms. The van der Waals surface area contributed by atoms with Crippen LogP contribution in [0, 0.1) is 5.41 Å². The van der Waals surface area contributed by atoms with Crippen molar-refractivity contribution in [3.8, 4) is 0 Å². The van der Waals surface area contributed by atoms with Gasteiger partial charge in [0.05, 0.1) is 6.10 Å². The molecule has 0 aromatic rings. The number of allylic oxidation sites excluding steroid dienone is 2.